The highest BCUT2D eigenvalue weighted by molar-refractivity contribution is 5.37. The van der Waals surface area contributed by atoms with E-state index in [2.05, 4.69) is 37.4 Å². The van der Waals surface area contributed by atoms with Crippen molar-refractivity contribution in [3.05, 3.63) is 29.8 Å². The zero-order valence-electron chi connectivity index (χ0n) is 12.5. The number of hydrogen-bond acceptors (Lipinski definition) is 2. The molecule has 2 nitrogen and oxygen atoms in total. The van der Waals surface area contributed by atoms with E-state index < -0.39 is 0 Å². The summed E-state index contributed by atoms with van der Waals surface area (Å²) in [5.41, 5.74) is 1.38. The number of ether oxygens (including phenoxy) is 1. The quantitative estimate of drug-likeness (QED) is 0.802. The SMILES string of the molecule is CCC(CC)CNC1CC(c2ccccc2OC)C1. The van der Waals surface area contributed by atoms with Crippen molar-refractivity contribution < 1.29 is 4.74 Å². The van der Waals surface area contributed by atoms with Crippen LogP contribution in [0, 0.1) is 5.92 Å². The Balaban J connectivity index is 1.79. The zero-order valence-corrected chi connectivity index (χ0v) is 12.5. The van der Waals surface area contributed by atoms with E-state index in [1.807, 2.05) is 6.07 Å². The van der Waals surface area contributed by atoms with Crippen LogP contribution < -0.4 is 10.1 Å². The second-order valence-corrected chi connectivity index (χ2v) is 5.70. The smallest absolute Gasteiger partial charge is 0.122 e. The molecule has 0 spiro atoms. The Hall–Kier alpha value is -1.02. The van der Waals surface area contributed by atoms with Gasteiger partial charge in [-0.1, -0.05) is 44.9 Å². The van der Waals surface area contributed by atoms with Gasteiger partial charge >= 0.3 is 0 Å². The number of methoxy groups -OCH3 is 1. The molecule has 0 atom stereocenters. The van der Waals surface area contributed by atoms with E-state index in [1.54, 1.807) is 7.11 Å². The third kappa shape index (κ3) is 3.50. The molecule has 1 aromatic rings. The van der Waals surface area contributed by atoms with Crippen molar-refractivity contribution >= 4 is 0 Å². The Bertz CT molecular complexity index is 381. The van der Waals surface area contributed by atoms with Gasteiger partial charge < -0.3 is 10.1 Å². The van der Waals surface area contributed by atoms with Crippen LogP contribution in [0.3, 0.4) is 0 Å². The predicted octanol–water partition coefficient (Wildman–Crippen LogP) is 3.97. The minimum absolute atomic E-state index is 0.676. The maximum Gasteiger partial charge on any atom is 0.122 e. The van der Waals surface area contributed by atoms with Crippen molar-refractivity contribution in [1.82, 2.24) is 5.32 Å². The van der Waals surface area contributed by atoms with Crippen LogP contribution in [0.25, 0.3) is 0 Å². The molecule has 0 amide bonds. The molecular weight excluding hydrogens is 234 g/mol. The molecule has 1 aliphatic rings. The third-order valence-electron chi connectivity index (χ3n) is 4.57. The number of hydrogen-bond donors (Lipinski definition) is 1. The second kappa shape index (κ2) is 6.95. The maximum atomic E-state index is 5.45. The average molecular weight is 261 g/mol. The summed E-state index contributed by atoms with van der Waals surface area (Å²) in [6.45, 7) is 5.75. The zero-order chi connectivity index (χ0) is 13.7. The van der Waals surface area contributed by atoms with Gasteiger partial charge in [0, 0.05) is 6.04 Å². The summed E-state index contributed by atoms with van der Waals surface area (Å²) in [6.07, 6.45) is 5.07. The van der Waals surface area contributed by atoms with Crippen molar-refractivity contribution in [3.63, 3.8) is 0 Å². The fourth-order valence-electron chi connectivity index (χ4n) is 2.95. The lowest BCUT2D eigenvalue weighted by Crippen LogP contribution is -2.42. The minimum Gasteiger partial charge on any atom is -0.496 e. The third-order valence-corrected chi connectivity index (χ3v) is 4.57. The van der Waals surface area contributed by atoms with Crippen LogP contribution in [0.5, 0.6) is 5.75 Å². The Labute approximate surface area is 117 Å². The second-order valence-electron chi connectivity index (χ2n) is 5.70. The van der Waals surface area contributed by atoms with E-state index in [9.17, 15) is 0 Å². The summed E-state index contributed by atoms with van der Waals surface area (Å²) < 4.78 is 5.45. The lowest BCUT2D eigenvalue weighted by atomic mass is 9.75. The molecule has 0 heterocycles. The van der Waals surface area contributed by atoms with Gasteiger partial charge in [0.05, 0.1) is 7.11 Å². The minimum atomic E-state index is 0.676. The molecule has 1 aliphatic carbocycles. The summed E-state index contributed by atoms with van der Waals surface area (Å²) in [5, 5.41) is 3.72. The number of rotatable bonds is 7. The molecule has 2 rings (SSSR count). The van der Waals surface area contributed by atoms with Crippen LogP contribution >= 0.6 is 0 Å². The van der Waals surface area contributed by atoms with Gasteiger partial charge in [0.25, 0.3) is 0 Å². The highest BCUT2D eigenvalue weighted by Crippen LogP contribution is 2.40. The van der Waals surface area contributed by atoms with Crippen molar-refractivity contribution in [2.75, 3.05) is 13.7 Å². The normalized spacial score (nSPS) is 22.3. The molecule has 0 unspecified atom stereocenters. The molecule has 0 aromatic heterocycles. The van der Waals surface area contributed by atoms with Gasteiger partial charge in [-0.05, 0) is 42.9 Å². The van der Waals surface area contributed by atoms with Crippen LogP contribution in [-0.2, 0) is 0 Å². The van der Waals surface area contributed by atoms with Crippen molar-refractivity contribution in [2.24, 2.45) is 5.92 Å². The molecule has 0 bridgehead atoms. The van der Waals surface area contributed by atoms with Gasteiger partial charge in [-0.25, -0.2) is 0 Å². The first kappa shape index (κ1) is 14.4. The molecule has 1 aromatic carbocycles. The highest BCUT2D eigenvalue weighted by Gasteiger charge is 2.31. The van der Waals surface area contributed by atoms with Gasteiger partial charge in [0.1, 0.15) is 5.75 Å². The summed E-state index contributed by atoms with van der Waals surface area (Å²) in [5.74, 6) is 2.56. The first-order valence-corrected chi connectivity index (χ1v) is 7.64. The molecular formula is C17H27NO. The summed E-state index contributed by atoms with van der Waals surface area (Å²) in [7, 11) is 1.76. The lowest BCUT2D eigenvalue weighted by Gasteiger charge is -2.37. The van der Waals surface area contributed by atoms with E-state index in [0.29, 0.717) is 12.0 Å². The first-order chi connectivity index (χ1) is 9.28. The standard InChI is InChI=1S/C17H27NO/c1-4-13(5-2)12-18-15-10-14(11-15)16-8-6-7-9-17(16)19-3/h6-9,13-15,18H,4-5,10-12H2,1-3H3. The van der Waals surface area contributed by atoms with Crippen molar-refractivity contribution in [1.29, 1.82) is 0 Å². The van der Waals surface area contributed by atoms with Gasteiger partial charge in [0.2, 0.25) is 0 Å². The van der Waals surface area contributed by atoms with Crippen LogP contribution in [0.2, 0.25) is 0 Å². The van der Waals surface area contributed by atoms with Crippen LogP contribution in [-0.4, -0.2) is 19.7 Å². The highest BCUT2D eigenvalue weighted by atomic mass is 16.5. The predicted molar refractivity (Wildman–Crippen MR) is 80.8 cm³/mol. The van der Waals surface area contributed by atoms with Crippen LogP contribution in [0.1, 0.15) is 51.0 Å². The van der Waals surface area contributed by atoms with E-state index in [0.717, 1.165) is 11.7 Å². The molecule has 1 N–H and O–H groups in total. The van der Waals surface area contributed by atoms with Gasteiger partial charge in [-0.3, -0.25) is 0 Å². The van der Waals surface area contributed by atoms with Gasteiger partial charge in [-0.15, -0.1) is 0 Å². The van der Waals surface area contributed by atoms with E-state index in [1.165, 1.54) is 37.8 Å². The first-order valence-electron chi connectivity index (χ1n) is 7.64. The van der Waals surface area contributed by atoms with Gasteiger partial charge in [0.15, 0.2) is 0 Å². The maximum absolute atomic E-state index is 5.45. The number of benzene rings is 1. The van der Waals surface area contributed by atoms with Crippen LogP contribution in [0.4, 0.5) is 0 Å². The summed E-state index contributed by atoms with van der Waals surface area (Å²) in [6, 6.07) is 9.14. The molecule has 0 radical (unpaired) electrons. The average Bonchev–Trinajstić information content (AvgIpc) is 2.41. The molecule has 2 heteroatoms. The van der Waals surface area contributed by atoms with E-state index in [4.69, 9.17) is 4.74 Å². The summed E-state index contributed by atoms with van der Waals surface area (Å²) >= 11 is 0. The molecule has 0 aliphatic heterocycles. The van der Waals surface area contributed by atoms with Crippen molar-refractivity contribution in [3.8, 4) is 5.75 Å². The Morgan fingerprint density at radius 1 is 1.21 bits per heavy atom. The molecule has 19 heavy (non-hydrogen) atoms. The summed E-state index contributed by atoms with van der Waals surface area (Å²) in [4.78, 5) is 0. The number of nitrogens with one attached hydrogen (secondary N) is 1. The lowest BCUT2D eigenvalue weighted by molar-refractivity contribution is 0.266. The van der Waals surface area contributed by atoms with E-state index >= 15 is 0 Å². The molecule has 0 saturated heterocycles. The van der Waals surface area contributed by atoms with Crippen molar-refractivity contribution in [2.45, 2.75) is 51.5 Å². The topological polar surface area (TPSA) is 21.3 Å². The fourth-order valence-corrected chi connectivity index (χ4v) is 2.95. The molecule has 106 valence electrons. The van der Waals surface area contributed by atoms with Gasteiger partial charge in [-0.2, -0.15) is 0 Å². The fraction of sp³-hybridized carbons (Fsp3) is 0.647. The monoisotopic (exact) mass is 261 g/mol. The molecule has 1 fully saturated rings. The Morgan fingerprint density at radius 3 is 2.53 bits per heavy atom. The molecule has 1 saturated carbocycles. The Morgan fingerprint density at radius 2 is 1.89 bits per heavy atom. The Kier molecular flexibility index (Phi) is 5.26. The number of para-hydroxylation sites is 1. The largest absolute Gasteiger partial charge is 0.496 e. The van der Waals surface area contributed by atoms with Crippen LogP contribution in [0.15, 0.2) is 24.3 Å². The van der Waals surface area contributed by atoms with E-state index in [-0.39, 0.29) is 0 Å².